The predicted molar refractivity (Wildman–Crippen MR) is 64.6 cm³/mol. The molecule has 1 unspecified atom stereocenters. The first kappa shape index (κ1) is 14.0. The van der Waals surface area contributed by atoms with Gasteiger partial charge in [0.25, 0.3) is 5.91 Å². The molecule has 0 aliphatic rings. The number of nitrogens with one attached hydrogen (secondary N) is 1. The minimum Gasteiger partial charge on any atom is -0.481 e. The van der Waals surface area contributed by atoms with Gasteiger partial charge in [-0.1, -0.05) is 6.92 Å². The van der Waals surface area contributed by atoms with Gasteiger partial charge in [0, 0.05) is 11.7 Å². The Kier molecular flexibility index (Phi) is 4.65. The molecule has 0 aliphatic heterocycles. The van der Waals surface area contributed by atoms with Crippen LogP contribution >= 0.6 is 0 Å². The van der Waals surface area contributed by atoms with Crippen LogP contribution < -0.4 is 11.1 Å². The summed E-state index contributed by atoms with van der Waals surface area (Å²) >= 11 is 0. The van der Waals surface area contributed by atoms with Crippen LogP contribution in [0.2, 0.25) is 0 Å². The molecule has 0 radical (unpaired) electrons. The van der Waals surface area contributed by atoms with E-state index in [0.717, 1.165) is 6.07 Å². The lowest BCUT2D eigenvalue weighted by Crippen LogP contribution is -2.36. The van der Waals surface area contributed by atoms with E-state index >= 15 is 0 Å². The third-order valence-electron chi connectivity index (χ3n) is 2.49. The van der Waals surface area contributed by atoms with Crippen molar-refractivity contribution in [1.29, 1.82) is 0 Å². The number of carbonyl (C=O) groups is 2. The Morgan fingerprint density at radius 2 is 2.17 bits per heavy atom. The molecule has 1 rings (SSSR count). The van der Waals surface area contributed by atoms with Crippen LogP contribution in [-0.4, -0.2) is 23.0 Å². The number of carboxylic acid groups (broad SMARTS) is 1. The number of hydrogen-bond donors (Lipinski definition) is 3. The van der Waals surface area contributed by atoms with E-state index in [0.29, 0.717) is 6.42 Å². The van der Waals surface area contributed by atoms with Gasteiger partial charge in [0.2, 0.25) is 0 Å². The molecule has 5 nitrogen and oxygen atoms in total. The minimum atomic E-state index is -1.01. The molecule has 18 heavy (non-hydrogen) atoms. The van der Waals surface area contributed by atoms with Crippen molar-refractivity contribution < 1.29 is 19.1 Å². The molecule has 0 spiro atoms. The lowest BCUT2D eigenvalue weighted by molar-refractivity contribution is -0.137. The molecule has 0 aliphatic carbocycles. The number of aliphatic carboxylic acids is 1. The third-order valence-corrected chi connectivity index (χ3v) is 2.49. The summed E-state index contributed by atoms with van der Waals surface area (Å²) in [5.41, 5.74) is 5.45. The van der Waals surface area contributed by atoms with Crippen LogP contribution in [0.1, 0.15) is 30.1 Å². The van der Waals surface area contributed by atoms with Gasteiger partial charge in [0.1, 0.15) is 5.82 Å². The second-order valence-electron chi connectivity index (χ2n) is 3.92. The molecule has 1 aromatic rings. The Balaban J connectivity index is 2.77. The Morgan fingerprint density at radius 3 is 2.67 bits per heavy atom. The second-order valence-corrected chi connectivity index (χ2v) is 3.92. The van der Waals surface area contributed by atoms with E-state index in [9.17, 15) is 14.0 Å². The standard InChI is InChI=1S/C12H15FN2O3/c1-2-8(6-11(16)17)15-12(18)9-4-3-7(14)5-10(9)13/h3-5,8H,2,6,14H2,1H3,(H,15,18)(H,16,17). The van der Waals surface area contributed by atoms with Crippen LogP contribution in [0.15, 0.2) is 18.2 Å². The fraction of sp³-hybridized carbons (Fsp3) is 0.333. The van der Waals surface area contributed by atoms with Crippen molar-refractivity contribution in [2.45, 2.75) is 25.8 Å². The van der Waals surface area contributed by atoms with Crippen LogP contribution in [-0.2, 0) is 4.79 Å². The minimum absolute atomic E-state index is 0.145. The summed E-state index contributed by atoms with van der Waals surface area (Å²) in [6, 6.07) is 3.21. The first-order chi connectivity index (χ1) is 8.43. The van der Waals surface area contributed by atoms with Crippen LogP contribution in [0, 0.1) is 5.82 Å². The van der Waals surface area contributed by atoms with Gasteiger partial charge in [-0.3, -0.25) is 9.59 Å². The zero-order valence-electron chi connectivity index (χ0n) is 9.94. The highest BCUT2D eigenvalue weighted by Crippen LogP contribution is 2.12. The van der Waals surface area contributed by atoms with E-state index in [-0.39, 0.29) is 17.7 Å². The molecular formula is C12H15FN2O3. The largest absolute Gasteiger partial charge is 0.481 e. The molecule has 0 bridgehead atoms. The molecule has 1 aromatic carbocycles. The smallest absolute Gasteiger partial charge is 0.305 e. The Bertz CT molecular complexity index is 463. The average molecular weight is 254 g/mol. The third kappa shape index (κ3) is 3.73. The van der Waals surface area contributed by atoms with Gasteiger partial charge < -0.3 is 16.2 Å². The van der Waals surface area contributed by atoms with Crippen molar-refractivity contribution in [1.82, 2.24) is 5.32 Å². The maximum absolute atomic E-state index is 13.5. The first-order valence-corrected chi connectivity index (χ1v) is 5.51. The maximum atomic E-state index is 13.5. The summed E-state index contributed by atoms with van der Waals surface area (Å²) < 4.78 is 13.5. The number of nitrogens with two attached hydrogens (primary N) is 1. The molecule has 0 fully saturated rings. The molecule has 0 aromatic heterocycles. The highest BCUT2D eigenvalue weighted by atomic mass is 19.1. The zero-order valence-corrected chi connectivity index (χ0v) is 9.94. The Labute approximate surface area is 104 Å². The van der Waals surface area contributed by atoms with Gasteiger partial charge in [0.15, 0.2) is 0 Å². The van der Waals surface area contributed by atoms with Crippen molar-refractivity contribution in [3.8, 4) is 0 Å². The van der Waals surface area contributed by atoms with E-state index in [4.69, 9.17) is 10.8 Å². The summed E-state index contributed by atoms with van der Waals surface area (Å²) in [4.78, 5) is 22.3. The van der Waals surface area contributed by atoms with E-state index in [1.54, 1.807) is 6.92 Å². The summed E-state index contributed by atoms with van der Waals surface area (Å²) in [6.45, 7) is 1.74. The van der Waals surface area contributed by atoms with E-state index in [1.165, 1.54) is 12.1 Å². The van der Waals surface area contributed by atoms with Gasteiger partial charge in [-0.05, 0) is 24.6 Å². The molecule has 0 saturated carbocycles. The number of halogens is 1. The van der Waals surface area contributed by atoms with E-state index in [1.807, 2.05) is 0 Å². The normalized spacial score (nSPS) is 11.9. The van der Waals surface area contributed by atoms with Crippen molar-refractivity contribution in [3.05, 3.63) is 29.6 Å². The van der Waals surface area contributed by atoms with Crippen LogP contribution in [0.25, 0.3) is 0 Å². The van der Waals surface area contributed by atoms with Crippen molar-refractivity contribution in [2.24, 2.45) is 0 Å². The summed E-state index contributed by atoms with van der Waals surface area (Å²) in [5.74, 6) is -2.38. The monoisotopic (exact) mass is 254 g/mol. The van der Waals surface area contributed by atoms with Crippen molar-refractivity contribution >= 4 is 17.6 Å². The van der Waals surface area contributed by atoms with E-state index < -0.39 is 23.7 Å². The van der Waals surface area contributed by atoms with Crippen LogP contribution in [0.3, 0.4) is 0 Å². The Morgan fingerprint density at radius 1 is 1.50 bits per heavy atom. The molecule has 98 valence electrons. The van der Waals surface area contributed by atoms with Crippen LogP contribution in [0.5, 0.6) is 0 Å². The maximum Gasteiger partial charge on any atom is 0.305 e. The molecule has 0 heterocycles. The van der Waals surface area contributed by atoms with Gasteiger partial charge >= 0.3 is 5.97 Å². The van der Waals surface area contributed by atoms with Crippen LogP contribution in [0.4, 0.5) is 10.1 Å². The lowest BCUT2D eigenvalue weighted by Gasteiger charge is -2.15. The highest BCUT2D eigenvalue weighted by Gasteiger charge is 2.17. The number of anilines is 1. The molecule has 6 heteroatoms. The summed E-state index contributed by atoms with van der Waals surface area (Å²) in [6.07, 6.45) is 0.257. The molecule has 1 amide bonds. The summed E-state index contributed by atoms with van der Waals surface area (Å²) in [5, 5.41) is 11.1. The Hall–Kier alpha value is -2.11. The average Bonchev–Trinajstić information content (AvgIpc) is 2.27. The molecule has 1 atom stereocenters. The SMILES string of the molecule is CCC(CC(=O)O)NC(=O)c1ccc(N)cc1F. The number of benzene rings is 1. The van der Waals surface area contributed by atoms with Gasteiger partial charge in [0.05, 0.1) is 12.0 Å². The quantitative estimate of drug-likeness (QED) is 0.692. The zero-order chi connectivity index (χ0) is 13.7. The highest BCUT2D eigenvalue weighted by molar-refractivity contribution is 5.95. The predicted octanol–water partition coefficient (Wildman–Crippen LogP) is 1.39. The second kappa shape index (κ2) is 6.00. The number of nitrogen functional groups attached to an aromatic ring is 1. The van der Waals surface area contributed by atoms with Gasteiger partial charge in [-0.15, -0.1) is 0 Å². The number of hydrogen-bond acceptors (Lipinski definition) is 3. The number of amides is 1. The summed E-state index contributed by atoms with van der Waals surface area (Å²) in [7, 11) is 0. The lowest BCUT2D eigenvalue weighted by atomic mass is 10.1. The molecule has 4 N–H and O–H groups in total. The fourth-order valence-electron chi connectivity index (χ4n) is 1.49. The first-order valence-electron chi connectivity index (χ1n) is 5.51. The number of carboxylic acids is 1. The molecular weight excluding hydrogens is 239 g/mol. The van der Waals surface area contributed by atoms with Crippen molar-refractivity contribution in [2.75, 3.05) is 5.73 Å². The molecule has 0 saturated heterocycles. The number of carbonyl (C=O) groups excluding carboxylic acids is 1. The van der Waals surface area contributed by atoms with Gasteiger partial charge in [-0.25, -0.2) is 4.39 Å². The van der Waals surface area contributed by atoms with Gasteiger partial charge in [-0.2, -0.15) is 0 Å². The fourth-order valence-corrected chi connectivity index (χ4v) is 1.49. The van der Waals surface area contributed by atoms with E-state index in [2.05, 4.69) is 5.32 Å². The topological polar surface area (TPSA) is 92.4 Å². The van der Waals surface area contributed by atoms with Crippen molar-refractivity contribution in [3.63, 3.8) is 0 Å². The number of rotatable bonds is 5.